The molecule has 1 aliphatic rings. The Hall–Kier alpha value is -3.62. The molecule has 0 saturated carbocycles. The molecule has 1 amide bonds. The molecule has 162 valence electrons. The molecule has 1 aliphatic heterocycles. The number of benzene rings is 1. The van der Waals surface area contributed by atoms with E-state index in [4.69, 9.17) is 9.47 Å². The Morgan fingerprint density at radius 2 is 1.81 bits per heavy atom. The third-order valence-corrected chi connectivity index (χ3v) is 5.60. The quantitative estimate of drug-likeness (QED) is 0.682. The number of hydrogen-bond donors (Lipinski definition) is 1. The first-order valence-corrected chi connectivity index (χ1v) is 10.0. The van der Waals surface area contributed by atoms with Gasteiger partial charge in [0.15, 0.2) is 11.5 Å². The molecule has 9 heteroatoms. The van der Waals surface area contributed by atoms with Crippen molar-refractivity contribution in [3.05, 3.63) is 55.9 Å². The molecule has 0 saturated heterocycles. The van der Waals surface area contributed by atoms with Gasteiger partial charge in [-0.3, -0.25) is 18.7 Å². The summed E-state index contributed by atoms with van der Waals surface area (Å²) in [5, 5.41) is 3.27. The molecule has 3 aromatic rings. The second-order valence-corrected chi connectivity index (χ2v) is 7.61. The van der Waals surface area contributed by atoms with Gasteiger partial charge in [-0.1, -0.05) is 0 Å². The highest BCUT2D eigenvalue weighted by molar-refractivity contribution is 5.91. The molecule has 0 spiro atoms. The van der Waals surface area contributed by atoms with Crippen molar-refractivity contribution < 1.29 is 14.3 Å². The van der Waals surface area contributed by atoms with E-state index in [2.05, 4.69) is 10.3 Å². The smallest absolute Gasteiger partial charge is 0.332 e. The van der Waals surface area contributed by atoms with Gasteiger partial charge in [0.25, 0.3) is 5.56 Å². The Morgan fingerprint density at radius 3 is 2.55 bits per heavy atom. The number of aryl methyl sites for hydroxylation is 3. The van der Waals surface area contributed by atoms with Gasteiger partial charge in [0.1, 0.15) is 18.9 Å². The van der Waals surface area contributed by atoms with E-state index < -0.39 is 5.69 Å². The number of rotatable bonds is 4. The van der Waals surface area contributed by atoms with Crippen LogP contribution in [0.5, 0.6) is 11.5 Å². The third kappa shape index (κ3) is 3.67. The van der Waals surface area contributed by atoms with E-state index in [1.807, 2.05) is 13.8 Å². The predicted octanol–water partition coefficient (Wildman–Crippen LogP) is 1.59. The Bertz CT molecular complexity index is 1320. The lowest BCUT2D eigenvalue weighted by Crippen LogP contribution is -2.38. The lowest BCUT2D eigenvalue weighted by Gasteiger charge is -2.19. The van der Waals surface area contributed by atoms with Crippen LogP contribution in [0.25, 0.3) is 11.0 Å². The van der Waals surface area contributed by atoms with Crippen LogP contribution in [0.1, 0.15) is 23.2 Å². The van der Waals surface area contributed by atoms with Crippen LogP contribution in [-0.4, -0.2) is 33.2 Å². The molecule has 1 N–H and O–H groups in total. The molecule has 4 rings (SSSR count). The minimum atomic E-state index is -0.421. The summed E-state index contributed by atoms with van der Waals surface area (Å²) >= 11 is 0. The van der Waals surface area contributed by atoms with Crippen molar-refractivity contribution in [3.63, 3.8) is 0 Å². The van der Waals surface area contributed by atoms with Crippen molar-refractivity contribution in [2.75, 3.05) is 18.5 Å². The maximum absolute atomic E-state index is 12.7. The number of aromatic nitrogens is 3. The molecule has 1 aromatic carbocycles. The SMILES string of the molecule is Cc1nc2c(c(C)c1CCC(=O)Nc1ccc3c(c1)OCCO3)c(=O)n(C)c(=O)n2C. The van der Waals surface area contributed by atoms with Gasteiger partial charge in [-0.25, -0.2) is 9.78 Å². The van der Waals surface area contributed by atoms with Crippen molar-refractivity contribution in [2.24, 2.45) is 14.1 Å². The highest BCUT2D eigenvalue weighted by Gasteiger charge is 2.18. The summed E-state index contributed by atoms with van der Waals surface area (Å²) in [4.78, 5) is 41.9. The van der Waals surface area contributed by atoms with Crippen molar-refractivity contribution in [2.45, 2.75) is 26.7 Å². The second-order valence-electron chi connectivity index (χ2n) is 7.61. The lowest BCUT2D eigenvalue weighted by atomic mass is 10.00. The number of ether oxygens (including phenoxy) is 2. The molecule has 3 heterocycles. The number of carbonyl (C=O) groups is 1. The maximum atomic E-state index is 12.7. The average Bonchev–Trinajstić information content (AvgIpc) is 2.75. The van der Waals surface area contributed by atoms with Crippen LogP contribution in [0.3, 0.4) is 0 Å². The molecule has 0 fully saturated rings. The van der Waals surface area contributed by atoms with Crippen molar-refractivity contribution in [1.29, 1.82) is 0 Å². The molecule has 9 nitrogen and oxygen atoms in total. The van der Waals surface area contributed by atoms with Crippen LogP contribution in [0.2, 0.25) is 0 Å². The molecule has 31 heavy (non-hydrogen) atoms. The van der Waals surface area contributed by atoms with E-state index in [1.165, 1.54) is 11.6 Å². The Labute approximate surface area is 178 Å². The fourth-order valence-corrected chi connectivity index (χ4v) is 3.89. The van der Waals surface area contributed by atoms with Crippen LogP contribution in [0.15, 0.2) is 27.8 Å². The number of amides is 1. The number of nitrogens with one attached hydrogen (secondary N) is 1. The zero-order valence-electron chi connectivity index (χ0n) is 17.9. The van der Waals surface area contributed by atoms with Crippen LogP contribution in [0, 0.1) is 13.8 Å². The number of anilines is 1. The first-order valence-electron chi connectivity index (χ1n) is 10.0. The minimum Gasteiger partial charge on any atom is -0.486 e. The van der Waals surface area contributed by atoms with E-state index in [-0.39, 0.29) is 17.9 Å². The summed E-state index contributed by atoms with van der Waals surface area (Å²) in [7, 11) is 3.04. The second kappa shape index (κ2) is 7.90. The molecular weight excluding hydrogens is 400 g/mol. The van der Waals surface area contributed by atoms with E-state index in [0.717, 1.165) is 15.7 Å². The van der Waals surface area contributed by atoms with Gasteiger partial charge in [0, 0.05) is 38.0 Å². The molecule has 0 bridgehead atoms. The normalized spacial score (nSPS) is 12.8. The summed E-state index contributed by atoms with van der Waals surface area (Å²) < 4.78 is 13.5. The Balaban J connectivity index is 1.57. The van der Waals surface area contributed by atoms with Gasteiger partial charge >= 0.3 is 5.69 Å². The fraction of sp³-hybridized carbons (Fsp3) is 0.364. The van der Waals surface area contributed by atoms with Crippen LogP contribution in [-0.2, 0) is 25.3 Å². The van der Waals surface area contributed by atoms with Crippen molar-refractivity contribution in [1.82, 2.24) is 14.1 Å². The van der Waals surface area contributed by atoms with Crippen molar-refractivity contribution >= 4 is 22.6 Å². The van der Waals surface area contributed by atoms with E-state index in [1.54, 1.807) is 25.2 Å². The lowest BCUT2D eigenvalue weighted by molar-refractivity contribution is -0.116. The summed E-state index contributed by atoms with van der Waals surface area (Å²) in [5.41, 5.74) is 2.45. The minimum absolute atomic E-state index is 0.163. The maximum Gasteiger partial charge on any atom is 0.332 e. The highest BCUT2D eigenvalue weighted by Crippen LogP contribution is 2.32. The molecule has 0 radical (unpaired) electrons. The van der Waals surface area contributed by atoms with Crippen LogP contribution >= 0.6 is 0 Å². The zero-order chi connectivity index (χ0) is 22.3. The number of pyridine rings is 1. The molecule has 0 atom stereocenters. The van der Waals surface area contributed by atoms with E-state index in [0.29, 0.717) is 53.5 Å². The summed E-state index contributed by atoms with van der Waals surface area (Å²) in [5.74, 6) is 1.11. The molecular formula is C22H24N4O5. The third-order valence-electron chi connectivity index (χ3n) is 5.60. The molecule has 0 unspecified atom stereocenters. The summed E-state index contributed by atoms with van der Waals surface area (Å²) in [6.07, 6.45) is 0.637. The molecule has 2 aromatic heterocycles. The van der Waals surface area contributed by atoms with Crippen molar-refractivity contribution in [3.8, 4) is 11.5 Å². The first kappa shape index (κ1) is 20.6. The summed E-state index contributed by atoms with van der Waals surface area (Å²) in [6.45, 7) is 4.64. The number of nitrogens with zero attached hydrogens (tertiary/aromatic N) is 3. The van der Waals surface area contributed by atoms with Gasteiger partial charge in [-0.15, -0.1) is 0 Å². The number of fused-ring (bicyclic) bond motifs is 2. The van der Waals surface area contributed by atoms with Crippen LogP contribution in [0.4, 0.5) is 5.69 Å². The van der Waals surface area contributed by atoms with Gasteiger partial charge in [0.2, 0.25) is 5.91 Å². The largest absolute Gasteiger partial charge is 0.486 e. The monoisotopic (exact) mass is 424 g/mol. The standard InChI is InChI=1S/C22H24N4O5/c1-12-15(13(2)23-20-19(12)21(28)26(4)22(29)25(20)3)6-8-18(27)24-14-5-7-16-17(11-14)31-10-9-30-16/h5,7,11H,6,8-10H2,1-4H3,(H,24,27). The van der Waals surface area contributed by atoms with Gasteiger partial charge in [0.05, 0.1) is 5.39 Å². The fourth-order valence-electron chi connectivity index (χ4n) is 3.89. The zero-order valence-corrected chi connectivity index (χ0v) is 17.9. The topological polar surface area (TPSA) is 104 Å². The Kier molecular flexibility index (Phi) is 5.26. The predicted molar refractivity (Wildman–Crippen MR) is 116 cm³/mol. The molecule has 0 aliphatic carbocycles. The van der Waals surface area contributed by atoms with Gasteiger partial charge in [-0.2, -0.15) is 0 Å². The Morgan fingerprint density at radius 1 is 1.10 bits per heavy atom. The first-order chi connectivity index (χ1) is 14.8. The van der Waals surface area contributed by atoms with E-state index >= 15 is 0 Å². The summed E-state index contributed by atoms with van der Waals surface area (Å²) in [6, 6.07) is 5.28. The highest BCUT2D eigenvalue weighted by atomic mass is 16.6. The number of carbonyl (C=O) groups excluding carboxylic acids is 1. The van der Waals surface area contributed by atoms with Crippen LogP contribution < -0.4 is 26.0 Å². The van der Waals surface area contributed by atoms with Gasteiger partial charge < -0.3 is 14.8 Å². The van der Waals surface area contributed by atoms with E-state index in [9.17, 15) is 14.4 Å². The number of hydrogen-bond acceptors (Lipinski definition) is 6. The van der Waals surface area contributed by atoms with Gasteiger partial charge in [-0.05, 0) is 43.5 Å². The average molecular weight is 424 g/mol.